The highest BCUT2D eigenvalue weighted by Gasteiger charge is 2.08. The van der Waals surface area contributed by atoms with Crippen molar-refractivity contribution in [1.82, 2.24) is 9.38 Å². The summed E-state index contributed by atoms with van der Waals surface area (Å²) in [5.41, 5.74) is 2.25. The summed E-state index contributed by atoms with van der Waals surface area (Å²) >= 11 is 4.18. The number of hydrogen-bond donors (Lipinski definition) is 1. The first kappa shape index (κ1) is 10.0. The van der Waals surface area contributed by atoms with Gasteiger partial charge >= 0.3 is 5.97 Å². The molecule has 0 N–H and O–H groups in total. The summed E-state index contributed by atoms with van der Waals surface area (Å²) in [6.07, 6.45) is 3.45. The van der Waals surface area contributed by atoms with Gasteiger partial charge in [0.05, 0.1) is 24.6 Å². The van der Waals surface area contributed by atoms with E-state index >= 15 is 0 Å². The molecule has 0 amide bonds. The van der Waals surface area contributed by atoms with Gasteiger partial charge in [-0.1, -0.05) is 0 Å². The Labute approximate surface area is 92.3 Å². The van der Waals surface area contributed by atoms with E-state index in [0.29, 0.717) is 11.3 Å². The van der Waals surface area contributed by atoms with Crippen molar-refractivity contribution >= 4 is 24.2 Å². The van der Waals surface area contributed by atoms with E-state index in [4.69, 9.17) is 0 Å². The third kappa shape index (κ3) is 1.70. The first-order chi connectivity index (χ1) is 7.26. The summed E-state index contributed by atoms with van der Waals surface area (Å²) in [7, 11) is 1.36. The van der Waals surface area contributed by atoms with E-state index in [-0.39, 0.29) is 5.97 Å². The summed E-state index contributed by atoms with van der Waals surface area (Å²) in [5.74, 6) is 0.224. The zero-order valence-corrected chi connectivity index (χ0v) is 9.07. The normalized spacial score (nSPS) is 10.5. The number of rotatable bonds is 2. The van der Waals surface area contributed by atoms with Gasteiger partial charge in [-0.2, -0.15) is 12.6 Å². The summed E-state index contributed by atoms with van der Waals surface area (Å²) in [5, 5.41) is 0. The second-order valence-electron chi connectivity index (χ2n) is 3.05. The second-order valence-corrected chi connectivity index (χ2v) is 3.36. The number of esters is 1. The summed E-state index contributed by atoms with van der Waals surface area (Å²) in [4.78, 5) is 15.5. The van der Waals surface area contributed by atoms with Gasteiger partial charge in [0.15, 0.2) is 0 Å². The molecule has 2 aromatic heterocycles. The third-order valence-corrected chi connectivity index (χ3v) is 2.49. The van der Waals surface area contributed by atoms with Crippen LogP contribution in [0.25, 0.3) is 5.65 Å². The zero-order valence-electron chi connectivity index (χ0n) is 8.17. The molecular weight excluding hydrogens is 212 g/mol. The SMILES string of the molecule is COC(=O)c1ccc2ncc(CS)n2c1. The maximum Gasteiger partial charge on any atom is 0.339 e. The number of carbonyl (C=O) groups excluding carboxylic acids is 1. The van der Waals surface area contributed by atoms with Crippen LogP contribution in [-0.2, 0) is 10.5 Å². The monoisotopic (exact) mass is 222 g/mol. The molecule has 0 fully saturated rings. The molecule has 15 heavy (non-hydrogen) atoms. The van der Waals surface area contributed by atoms with Gasteiger partial charge in [0.1, 0.15) is 5.65 Å². The van der Waals surface area contributed by atoms with E-state index in [0.717, 1.165) is 11.3 Å². The molecule has 0 spiro atoms. The number of nitrogens with zero attached hydrogens (tertiary/aromatic N) is 2. The smallest absolute Gasteiger partial charge is 0.339 e. The lowest BCUT2D eigenvalue weighted by Gasteiger charge is -2.02. The molecule has 0 aromatic carbocycles. The van der Waals surface area contributed by atoms with Crippen molar-refractivity contribution in [3.05, 3.63) is 35.8 Å². The standard InChI is InChI=1S/C10H10N2O2S/c1-14-10(13)7-2-3-9-11-4-8(6-15)12(9)5-7/h2-5,15H,6H2,1H3. The minimum Gasteiger partial charge on any atom is -0.465 e. The fourth-order valence-electron chi connectivity index (χ4n) is 1.39. The van der Waals surface area contributed by atoms with Gasteiger partial charge in [-0.25, -0.2) is 9.78 Å². The Morgan fingerprint density at radius 1 is 1.60 bits per heavy atom. The molecule has 0 saturated heterocycles. The van der Waals surface area contributed by atoms with E-state index in [2.05, 4.69) is 22.3 Å². The number of carbonyl (C=O) groups is 1. The van der Waals surface area contributed by atoms with E-state index in [9.17, 15) is 4.79 Å². The van der Waals surface area contributed by atoms with Crippen LogP contribution in [0.4, 0.5) is 0 Å². The molecule has 0 aliphatic heterocycles. The van der Waals surface area contributed by atoms with Crippen molar-refractivity contribution in [1.29, 1.82) is 0 Å². The third-order valence-electron chi connectivity index (χ3n) is 2.17. The van der Waals surface area contributed by atoms with Crippen LogP contribution < -0.4 is 0 Å². The van der Waals surface area contributed by atoms with Crippen molar-refractivity contribution < 1.29 is 9.53 Å². The first-order valence-corrected chi connectivity index (χ1v) is 5.04. The highest BCUT2D eigenvalue weighted by atomic mass is 32.1. The quantitative estimate of drug-likeness (QED) is 0.619. The number of pyridine rings is 1. The molecule has 0 unspecified atom stereocenters. The Morgan fingerprint density at radius 2 is 2.40 bits per heavy atom. The summed E-state index contributed by atoms with van der Waals surface area (Å²) in [6, 6.07) is 3.47. The van der Waals surface area contributed by atoms with Gasteiger partial charge < -0.3 is 9.14 Å². The topological polar surface area (TPSA) is 43.6 Å². The number of fused-ring (bicyclic) bond motifs is 1. The minimum absolute atomic E-state index is 0.351. The van der Waals surface area contributed by atoms with Gasteiger partial charge in [0.25, 0.3) is 0 Å². The Bertz CT molecular complexity index is 507. The number of ether oxygens (including phenoxy) is 1. The van der Waals surface area contributed by atoms with Crippen LogP contribution in [-0.4, -0.2) is 22.5 Å². The molecule has 0 radical (unpaired) electrons. The number of imidazole rings is 1. The second kappa shape index (κ2) is 3.94. The highest BCUT2D eigenvalue weighted by Crippen LogP contribution is 2.11. The Hall–Kier alpha value is -1.49. The van der Waals surface area contributed by atoms with Gasteiger partial charge in [-0.3, -0.25) is 0 Å². The molecule has 0 aliphatic carbocycles. The lowest BCUT2D eigenvalue weighted by atomic mass is 10.3. The average Bonchev–Trinajstić information content (AvgIpc) is 2.69. The Kier molecular flexibility index (Phi) is 2.64. The molecule has 2 aromatic rings. The van der Waals surface area contributed by atoms with Gasteiger partial charge in [0.2, 0.25) is 0 Å². The number of thiol groups is 1. The lowest BCUT2D eigenvalue weighted by molar-refractivity contribution is 0.0600. The van der Waals surface area contributed by atoms with Crippen molar-refractivity contribution in [2.75, 3.05) is 7.11 Å². The maximum atomic E-state index is 11.3. The highest BCUT2D eigenvalue weighted by molar-refractivity contribution is 7.79. The maximum absolute atomic E-state index is 11.3. The summed E-state index contributed by atoms with van der Waals surface area (Å²) in [6.45, 7) is 0. The molecule has 2 rings (SSSR count). The molecule has 5 heteroatoms. The van der Waals surface area contributed by atoms with Crippen LogP contribution in [0.5, 0.6) is 0 Å². The molecule has 78 valence electrons. The molecule has 0 bridgehead atoms. The largest absolute Gasteiger partial charge is 0.465 e. The van der Waals surface area contributed by atoms with E-state index in [1.165, 1.54) is 7.11 Å². The molecule has 0 aliphatic rings. The Morgan fingerprint density at radius 3 is 3.07 bits per heavy atom. The van der Waals surface area contributed by atoms with Crippen LogP contribution in [0, 0.1) is 0 Å². The summed E-state index contributed by atoms with van der Waals surface area (Å²) < 4.78 is 6.48. The fourth-order valence-corrected chi connectivity index (χ4v) is 1.62. The van der Waals surface area contributed by atoms with Crippen LogP contribution >= 0.6 is 12.6 Å². The van der Waals surface area contributed by atoms with Crippen molar-refractivity contribution in [3.63, 3.8) is 0 Å². The van der Waals surface area contributed by atoms with Crippen molar-refractivity contribution in [3.8, 4) is 0 Å². The van der Waals surface area contributed by atoms with Crippen LogP contribution in [0.3, 0.4) is 0 Å². The predicted octanol–water partition coefficient (Wildman–Crippen LogP) is 1.55. The zero-order chi connectivity index (χ0) is 10.8. The van der Waals surface area contributed by atoms with Crippen LogP contribution in [0.2, 0.25) is 0 Å². The lowest BCUT2D eigenvalue weighted by Crippen LogP contribution is -2.03. The molecule has 4 nitrogen and oxygen atoms in total. The molecular formula is C10H10N2O2S. The first-order valence-electron chi connectivity index (χ1n) is 4.41. The Balaban J connectivity index is 2.57. The van der Waals surface area contributed by atoms with Crippen LogP contribution in [0.15, 0.2) is 24.5 Å². The van der Waals surface area contributed by atoms with Crippen LogP contribution in [0.1, 0.15) is 16.1 Å². The van der Waals surface area contributed by atoms with E-state index in [1.54, 1.807) is 24.5 Å². The van der Waals surface area contributed by atoms with Crippen molar-refractivity contribution in [2.45, 2.75) is 5.75 Å². The number of hydrogen-bond acceptors (Lipinski definition) is 4. The number of aromatic nitrogens is 2. The average molecular weight is 222 g/mol. The predicted molar refractivity (Wildman–Crippen MR) is 59.2 cm³/mol. The van der Waals surface area contributed by atoms with Crippen molar-refractivity contribution in [2.24, 2.45) is 0 Å². The fraction of sp³-hybridized carbons (Fsp3) is 0.200. The van der Waals surface area contributed by atoms with Gasteiger partial charge in [0, 0.05) is 11.9 Å². The van der Waals surface area contributed by atoms with E-state index in [1.807, 2.05) is 4.40 Å². The van der Waals surface area contributed by atoms with E-state index < -0.39 is 0 Å². The van der Waals surface area contributed by atoms with Gasteiger partial charge in [-0.15, -0.1) is 0 Å². The number of methoxy groups -OCH3 is 1. The van der Waals surface area contributed by atoms with Gasteiger partial charge in [-0.05, 0) is 12.1 Å². The molecule has 2 heterocycles. The molecule has 0 atom stereocenters. The molecule has 0 saturated carbocycles. The minimum atomic E-state index is -0.351.